The first-order chi connectivity index (χ1) is 14.4. The summed E-state index contributed by atoms with van der Waals surface area (Å²) in [7, 11) is -3.00. The summed E-state index contributed by atoms with van der Waals surface area (Å²) < 4.78 is 47.1. The number of carbonyl (C=O) groups excluding carboxylic acids is 2. The molecule has 2 N–H and O–H groups in total. The van der Waals surface area contributed by atoms with E-state index in [9.17, 15) is 22.4 Å². The van der Waals surface area contributed by atoms with Crippen LogP contribution in [0.25, 0.3) is 0 Å². The number of amides is 2. The number of urea groups is 1. The topological polar surface area (TPSA) is 119 Å². The standard InChI is InChI=1S/C20H27FN4O5S.Na/c1-7-30-19(26)16-10-17(23-25(16)6)31(28,29)24-20(27)22-18-14(11(2)3)8-13(21)9-15(18)12(4)5;/h8-12H,7H2,1-6H3,(H2,22,24,27);. The molecule has 2 rings (SSSR count). The predicted molar refractivity (Wildman–Crippen MR) is 119 cm³/mol. The van der Waals surface area contributed by atoms with Crippen molar-refractivity contribution in [3.8, 4) is 0 Å². The molecule has 0 aliphatic rings. The van der Waals surface area contributed by atoms with Crippen LogP contribution in [-0.4, -0.2) is 66.4 Å². The van der Waals surface area contributed by atoms with Crippen molar-refractivity contribution < 1.29 is 27.1 Å². The van der Waals surface area contributed by atoms with Gasteiger partial charge in [0.1, 0.15) is 11.5 Å². The van der Waals surface area contributed by atoms with Crippen LogP contribution in [0, 0.1) is 5.82 Å². The Bertz CT molecular complexity index is 1070. The summed E-state index contributed by atoms with van der Waals surface area (Å²) in [6.07, 6.45) is 0. The molecule has 0 unspecified atom stereocenters. The van der Waals surface area contributed by atoms with E-state index in [0.717, 1.165) is 10.7 Å². The smallest absolute Gasteiger partial charge is 0.356 e. The second-order valence-corrected chi connectivity index (χ2v) is 9.17. The number of hydrogen-bond acceptors (Lipinski definition) is 6. The van der Waals surface area contributed by atoms with Crippen LogP contribution in [0.4, 0.5) is 14.9 Å². The summed E-state index contributed by atoms with van der Waals surface area (Å²) in [4.78, 5) is 24.4. The Morgan fingerprint density at radius 3 is 2.12 bits per heavy atom. The molecule has 1 aromatic heterocycles. The number of esters is 1. The van der Waals surface area contributed by atoms with Gasteiger partial charge in [0, 0.05) is 48.4 Å². The first-order valence-corrected chi connectivity index (χ1v) is 11.2. The maximum atomic E-state index is 14.0. The van der Waals surface area contributed by atoms with Gasteiger partial charge < -0.3 is 10.1 Å². The van der Waals surface area contributed by atoms with Gasteiger partial charge in [0.25, 0.3) is 10.0 Å². The quantitative estimate of drug-likeness (QED) is 0.467. The second-order valence-electron chi connectivity index (χ2n) is 7.54. The third-order valence-electron chi connectivity index (χ3n) is 4.49. The van der Waals surface area contributed by atoms with E-state index in [-0.39, 0.29) is 53.7 Å². The second kappa shape index (κ2) is 11.3. The van der Waals surface area contributed by atoms with E-state index in [0.29, 0.717) is 16.8 Å². The van der Waals surface area contributed by atoms with Crippen LogP contribution in [-0.2, 0) is 21.8 Å². The number of nitrogens with one attached hydrogen (secondary N) is 2. The minimum absolute atomic E-state index is 0. The largest absolute Gasteiger partial charge is 0.461 e. The molecule has 0 atom stereocenters. The Morgan fingerprint density at radius 2 is 1.66 bits per heavy atom. The number of aryl methyl sites for hydroxylation is 1. The molecule has 0 fully saturated rings. The van der Waals surface area contributed by atoms with Crippen molar-refractivity contribution in [1.82, 2.24) is 14.5 Å². The van der Waals surface area contributed by atoms with Gasteiger partial charge in [0.2, 0.25) is 0 Å². The zero-order valence-electron chi connectivity index (χ0n) is 19.3. The van der Waals surface area contributed by atoms with Gasteiger partial charge in [0.05, 0.1) is 6.61 Å². The molecule has 0 saturated heterocycles. The molecular formula is C20H27FN4NaO5S. The summed E-state index contributed by atoms with van der Waals surface area (Å²) in [6.45, 7) is 9.07. The molecule has 0 saturated carbocycles. The molecule has 0 spiro atoms. The maximum absolute atomic E-state index is 14.0. The number of hydrogen-bond donors (Lipinski definition) is 2. The molecule has 0 bridgehead atoms. The Morgan fingerprint density at radius 1 is 1.12 bits per heavy atom. The Balaban J connectivity index is 0.00000512. The van der Waals surface area contributed by atoms with Crippen molar-refractivity contribution in [2.24, 2.45) is 7.05 Å². The van der Waals surface area contributed by atoms with Gasteiger partial charge in [-0.1, -0.05) is 27.7 Å². The van der Waals surface area contributed by atoms with Gasteiger partial charge >= 0.3 is 12.0 Å². The number of rotatable bonds is 7. The molecule has 0 aliphatic carbocycles. The summed E-state index contributed by atoms with van der Waals surface area (Å²) in [6, 6.07) is 2.61. The van der Waals surface area contributed by atoms with Crippen molar-refractivity contribution in [3.05, 3.63) is 40.8 Å². The number of sulfonamides is 1. The van der Waals surface area contributed by atoms with Crippen molar-refractivity contribution >= 4 is 57.3 Å². The zero-order chi connectivity index (χ0) is 23.5. The molecule has 9 nitrogen and oxygen atoms in total. The number of ether oxygens (including phenoxy) is 1. The van der Waals surface area contributed by atoms with Gasteiger partial charge in [-0.2, -0.15) is 13.5 Å². The van der Waals surface area contributed by atoms with E-state index in [1.807, 2.05) is 32.4 Å². The van der Waals surface area contributed by atoms with E-state index in [1.165, 1.54) is 19.2 Å². The summed E-state index contributed by atoms with van der Waals surface area (Å²) >= 11 is 0. The average molecular weight is 478 g/mol. The molecule has 2 aromatic rings. The SMILES string of the molecule is CCOC(=O)c1cc(S(=O)(=O)NC(=O)Nc2c(C(C)C)cc(F)cc2C(C)C)nn1C.[Na]. The van der Waals surface area contributed by atoms with Crippen molar-refractivity contribution in [3.63, 3.8) is 0 Å². The molecule has 1 radical (unpaired) electrons. The molecule has 171 valence electrons. The molecule has 32 heavy (non-hydrogen) atoms. The van der Waals surface area contributed by atoms with E-state index < -0.39 is 32.9 Å². The van der Waals surface area contributed by atoms with E-state index in [1.54, 1.807) is 6.92 Å². The third kappa shape index (κ3) is 6.53. The van der Waals surface area contributed by atoms with Gasteiger partial charge in [-0.25, -0.2) is 18.7 Å². The van der Waals surface area contributed by atoms with Crippen LogP contribution in [0.15, 0.2) is 23.2 Å². The predicted octanol–water partition coefficient (Wildman–Crippen LogP) is 3.11. The van der Waals surface area contributed by atoms with Crippen LogP contribution < -0.4 is 10.0 Å². The summed E-state index contributed by atoms with van der Waals surface area (Å²) in [5.41, 5.74) is 1.36. The van der Waals surface area contributed by atoms with Gasteiger partial charge in [-0.15, -0.1) is 0 Å². The van der Waals surface area contributed by atoms with E-state index >= 15 is 0 Å². The van der Waals surface area contributed by atoms with E-state index in [2.05, 4.69) is 10.4 Å². The molecule has 1 heterocycles. The fourth-order valence-electron chi connectivity index (χ4n) is 2.99. The van der Waals surface area contributed by atoms with Crippen LogP contribution in [0.1, 0.15) is 68.1 Å². The summed E-state index contributed by atoms with van der Waals surface area (Å²) in [5, 5.41) is 5.81. The van der Waals surface area contributed by atoms with Crippen molar-refractivity contribution in [1.29, 1.82) is 0 Å². The molecule has 12 heteroatoms. The monoisotopic (exact) mass is 477 g/mol. The first-order valence-electron chi connectivity index (χ1n) is 9.75. The molecule has 0 aliphatic heterocycles. The Kier molecular flexibility index (Phi) is 9.88. The Labute approximate surface area is 209 Å². The van der Waals surface area contributed by atoms with Crippen LogP contribution in [0.2, 0.25) is 0 Å². The molecule has 1 aromatic carbocycles. The fraction of sp³-hybridized carbons (Fsp3) is 0.450. The normalized spacial score (nSPS) is 11.3. The van der Waals surface area contributed by atoms with E-state index in [4.69, 9.17) is 4.74 Å². The number of carbonyl (C=O) groups is 2. The number of nitrogens with zero attached hydrogens (tertiary/aromatic N) is 2. The summed E-state index contributed by atoms with van der Waals surface area (Å²) in [5.74, 6) is -1.42. The number of aromatic nitrogens is 2. The number of benzene rings is 1. The van der Waals surface area contributed by atoms with Crippen molar-refractivity contribution in [2.45, 2.75) is 51.5 Å². The molecule has 2 amide bonds. The van der Waals surface area contributed by atoms with Gasteiger partial charge in [-0.3, -0.25) is 4.68 Å². The maximum Gasteiger partial charge on any atom is 0.356 e. The fourth-order valence-corrected chi connectivity index (χ4v) is 3.88. The minimum Gasteiger partial charge on any atom is -0.461 e. The van der Waals surface area contributed by atoms with Crippen LogP contribution in [0.5, 0.6) is 0 Å². The van der Waals surface area contributed by atoms with Gasteiger partial charge in [0.15, 0.2) is 5.03 Å². The minimum atomic E-state index is -4.38. The number of halogens is 1. The van der Waals surface area contributed by atoms with Crippen molar-refractivity contribution in [2.75, 3.05) is 11.9 Å². The Hall–Kier alpha value is -1.95. The zero-order valence-corrected chi connectivity index (χ0v) is 22.1. The average Bonchev–Trinajstić information content (AvgIpc) is 3.05. The van der Waals surface area contributed by atoms with Crippen LogP contribution >= 0.6 is 0 Å². The van der Waals surface area contributed by atoms with Gasteiger partial charge in [-0.05, 0) is 42.0 Å². The first kappa shape index (κ1) is 28.1. The van der Waals surface area contributed by atoms with Crippen LogP contribution in [0.3, 0.4) is 0 Å². The molecular weight excluding hydrogens is 450 g/mol. The number of anilines is 1. The third-order valence-corrected chi connectivity index (χ3v) is 5.70.